The molecule has 3 aromatic rings. The molecule has 0 unspecified atom stereocenters. The van der Waals surface area contributed by atoms with Crippen LogP contribution in [0.2, 0.25) is 0 Å². The van der Waals surface area contributed by atoms with Gasteiger partial charge in [0.05, 0.1) is 22.5 Å². The Kier molecular flexibility index (Phi) is 2.47. The van der Waals surface area contributed by atoms with Crippen molar-refractivity contribution < 1.29 is 0 Å². The average molecular weight is 230 g/mol. The van der Waals surface area contributed by atoms with E-state index in [2.05, 4.69) is 16.0 Å². The first kappa shape index (κ1) is 10.4. The molecule has 3 heteroatoms. The highest BCUT2D eigenvalue weighted by Gasteiger charge is 2.02. The van der Waals surface area contributed by atoms with Crippen molar-refractivity contribution in [3.63, 3.8) is 0 Å². The molecule has 0 N–H and O–H groups in total. The van der Waals surface area contributed by atoms with Gasteiger partial charge in [0.15, 0.2) is 0 Å². The maximum absolute atomic E-state index is 8.73. The number of hydrogen-bond donors (Lipinski definition) is 0. The molecule has 0 saturated heterocycles. The minimum atomic E-state index is 0.550. The van der Waals surface area contributed by atoms with Crippen LogP contribution >= 0.6 is 0 Å². The van der Waals surface area contributed by atoms with E-state index in [1.807, 2.05) is 42.5 Å². The minimum absolute atomic E-state index is 0.550. The fourth-order valence-corrected chi connectivity index (χ4v) is 1.76. The van der Waals surface area contributed by atoms with E-state index in [1.165, 1.54) is 0 Å². The number of fused-ring (bicyclic) bond motifs is 1. The van der Waals surface area contributed by atoms with Crippen LogP contribution in [0.4, 0.5) is 0 Å². The molecule has 0 aliphatic rings. The molecule has 0 atom stereocenters. The smallest absolute Gasteiger partial charge is 0.101 e. The van der Waals surface area contributed by atoms with Gasteiger partial charge in [-0.2, -0.15) is 5.26 Å². The molecule has 0 aliphatic carbocycles. The normalized spacial score (nSPS) is 10.2. The summed E-state index contributed by atoms with van der Waals surface area (Å²) in [5, 5.41) is 9.78. The minimum Gasteiger partial charge on any atom is -0.253 e. The molecule has 0 bridgehead atoms. The highest BCUT2D eigenvalue weighted by atomic mass is 14.8. The van der Waals surface area contributed by atoms with Crippen LogP contribution in [0.1, 0.15) is 5.56 Å². The van der Waals surface area contributed by atoms with Crippen molar-refractivity contribution >= 4 is 10.9 Å². The van der Waals surface area contributed by atoms with E-state index >= 15 is 0 Å². The van der Waals surface area contributed by atoms with Crippen LogP contribution in [0.3, 0.4) is 0 Å². The van der Waals surface area contributed by atoms with Crippen LogP contribution in [0.25, 0.3) is 22.3 Å². The van der Waals surface area contributed by atoms with E-state index in [4.69, 9.17) is 5.26 Å². The molecular formula is C15H8N3. The maximum atomic E-state index is 8.73. The fraction of sp³-hybridized carbons (Fsp3) is 0. The molecule has 0 fully saturated rings. The predicted molar refractivity (Wildman–Crippen MR) is 68.5 cm³/mol. The molecular weight excluding hydrogens is 222 g/mol. The summed E-state index contributed by atoms with van der Waals surface area (Å²) in [6, 6.07) is 18.2. The fourth-order valence-electron chi connectivity index (χ4n) is 1.76. The summed E-state index contributed by atoms with van der Waals surface area (Å²) in [5.41, 5.74) is 3.04. The van der Waals surface area contributed by atoms with Gasteiger partial charge in [0.2, 0.25) is 0 Å². The Hall–Kier alpha value is -2.73. The number of nitriles is 1. The van der Waals surface area contributed by atoms with E-state index in [0.29, 0.717) is 5.56 Å². The van der Waals surface area contributed by atoms with Gasteiger partial charge >= 0.3 is 0 Å². The van der Waals surface area contributed by atoms with Crippen molar-refractivity contribution in [2.75, 3.05) is 0 Å². The number of hydrogen-bond acceptors (Lipinski definition) is 3. The van der Waals surface area contributed by atoms with Crippen molar-refractivity contribution in [3.8, 4) is 17.5 Å². The highest BCUT2D eigenvalue weighted by Crippen LogP contribution is 2.19. The van der Waals surface area contributed by atoms with Crippen molar-refractivity contribution in [3.05, 3.63) is 60.3 Å². The number of benzene rings is 1. The van der Waals surface area contributed by atoms with Crippen molar-refractivity contribution in [1.29, 1.82) is 5.26 Å². The summed E-state index contributed by atoms with van der Waals surface area (Å²) in [5.74, 6) is 0. The Morgan fingerprint density at radius 1 is 1.06 bits per heavy atom. The lowest BCUT2D eigenvalue weighted by atomic mass is 10.1. The zero-order chi connectivity index (χ0) is 12.4. The first-order chi connectivity index (χ1) is 8.86. The third kappa shape index (κ3) is 1.80. The summed E-state index contributed by atoms with van der Waals surface area (Å²) in [7, 11) is 0. The van der Waals surface area contributed by atoms with Crippen LogP contribution in [-0.2, 0) is 0 Å². The van der Waals surface area contributed by atoms with Gasteiger partial charge in [-0.1, -0.05) is 12.1 Å². The van der Waals surface area contributed by atoms with Gasteiger partial charge in [0.1, 0.15) is 6.07 Å². The van der Waals surface area contributed by atoms with Crippen LogP contribution in [0.5, 0.6) is 0 Å². The lowest BCUT2D eigenvalue weighted by Crippen LogP contribution is -1.88. The Morgan fingerprint density at radius 3 is 2.72 bits per heavy atom. The third-order valence-electron chi connectivity index (χ3n) is 2.69. The standard InChI is InChI=1S/C15H8N3/c16-9-11-5-7-14(17-10-11)15-8-6-12-3-1-2-4-13(12)18-15/h2-8,10H. The quantitative estimate of drug-likeness (QED) is 0.645. The Balaban J connectivity index is 2.10. The van der Waals surface area contributed by atoms with Gasteiger partial charge in [-0.3, -0.25) is 4.98 Å². The predicted octanol–water partition coefficient (Wildman–Crippen LogP) is 2.97. The molecule has 1 radical (unpaired) electrons. The first-order valence-corrected chi connectivity index (χ1v) is 5.50. The first-order valence-electron chi connectivity index (χ1n) is 5.50. The van der Waals surface area contributed by atoms with Crippen molar-refractivity contribution in [2.24, 2.45) is 0 Å². The molecule has 0 aliphatic heterocycles. The summed E-state index contributed by atoms with van der Waals surface area (Å²) < 4.78 is 0. The molecule has 18 heavy (non-hydrogen) atoms. The second-order valence-corrected chi connectivity index (χ2v) is 3.86. The van der Waals surface area contributed by atoms with Crippen LogP contribution < -0.4 is 0 Å². The number of aromatic nitrogens is 2. The zero-order valence-electron chi connectivity index (χ0n) is 9.46. The zero-order valence-corrected chi connectivity index (χ0v) is 9.46. The van der Waals surface area contributed by atoms with Gasteiger partial charge < -0.3 is 0 Å². The lowest BCUT2D eigenvalue weighted by Gasteiger charge is -2.02. The van der Waals surface area contributed by atoms with E-state index in [1.54, 1.807) is 12.3 Å². The Morgan fingerprint density at radius 2 is 1.94 bits per heavy atom. The van der Waals surface area contributed by atoms with Gasteiger partial charge in [-0.05, 0) is 36.4 Å². The van der Waals surface area contributed by atoms with Crippen LogP contribution in [0, 0.1) is 17.4 Å². The molecule has 0 spiro atoms. The molecule has 1 aromatic carbocycles. The highest BCUT2D eigenvalue weighted by molar-refractivity contribution is 5.80. The maximum Gasteiger partial charge on any atom is 0.101 e. The van der Waals surface area contributed by atoms with Gasteiger partial charge in [0, 0.05) is 11.6 Å². The van der Waals surface area contributed by atoms with Crippen LogP contribution in [0.15, 0.2) is 48.7 Å². The summed E-state index contributed by atoms with van der Waals surface area (Å²) in [6.45, 7) is 0. The van der Waals surface area contributed by atoms with Gasteiger partial charge in [-0.15, -0.1) is 0 Å². The topological polar surface area (TPSA) is 49.6 Å². The van der Waals surface area contributed by atoms with E-state index in [0.717, 1.165) is 22.3 Å². The van der Waals surface area contributed by atoms with Gasteiger partial charge in [0.25, 0.3) is 0 Å². The lowest BCUT2D eigenvalue weighted by molar-refractivity contribution is 1.26. The average Bonchev–Trinajstić information content (AvgIpc) is 2.47. The largest absolute Gasteiger partial charge is 0.253 e. The molecule has 3 rings (SSSR count). The molecule has 83 valence electrons. The molecule has 2 heterocycles. The number of rotatable bonds is 1. The summed E-state index contributed by atoms with van der Waals surface area (Å²) in [4.78, 5) is 8.77. The SMILES string of the molecule is N#Cc1ccc(-c2ccc3c[c]ccc3n2)nc1. The molecule has 3 nitrogen and oxygen atoms in total. The van der Waals surface area contributed by atoms with E-state index in [9.17, 15) is 0 Å². The molecule has 2 aromatic heterocycles. The van der Waals surface area contributed by atoms with Gasteiger partial charge in [-0.25, -0.2) is 4.98 Å². The summed E-state index contributed by atoms with van der Waals surface area (Å²) >= 11 is 0. The van der Waals surface area contributed by atoms with Crippen LogP contribution in [-0.4, -0.2) is 9.97 Å². The molecule has 0 amide bonds. The third-order valence-corrected chi connectivity index (χ3v) is 2.69. The monoisotopic (exact) mass is 230 g/mol. The second-order valence-electron chi connectivity index (χ2n) is 3.86. The van der Waals surface area contributed by atoms with Crippen molar-refractivity contribution in [1.82, 2.24) is 9.97 Å². The second kappa shape index (κ2) is 4.27. The Labute approximate surface area is 104 Å². The van der Waals surface area contributed by atoms with E-state index < -0.39 is 0 Å². The Bertz CT molecular complexity index is 740. The molecule has 0 saturated carbocycles. The van der Waals surface area contributed by atoms with E-state index in [-0.39, 0.29) is 0 Å². The summed E-state index contributed by atoms with van der Waals surface area (Å²) in [6.07, 6.45) is 1.56. The van der Waals surface area contributed by atoms with Crippen molar-refractivity contribution in [2.45, 2.75) is 0 Å². The number of nitrogens with zero attached hydrogens (tertiary/aromatic N) is 3. The number of pyridine rings is 2.